The molecule has 0 radical (unpaired) electrons. The molecule has 6 nitrogen and oxygen atoms in total. The SMILES string of the molecule is COc1ccc(S(=O)(=O)N2CCCC2)cc1NC(=S)NCc1ccc(Cl)cc1. The number of hydrogen-bond acceptors (Lipinski definition) is 4. The van der Waals surface area contributed by atoms with Crippen LogP contribution in [0.5, 0.6) is 5.75 Å². The molecule has 3 rings (SSSR count). The normalized spacial score (nSPS) is 14.6. The van der Waals surface area contributed by atoms with E-state index in [1.165, 1.54) is 11.4 Å². The van der Waals surface area contributed by atoms with E-state index in [1.807, 2.05) is 24.3 Å². The molecule has 1 fully saturated rings. The van der Waals surface area contributed by atoms with Crippen molar-refractivity contribution in [2.24, 2.45) is 0 Å². The standard InChI is InChI=1S/C19H22ClN3O3S2/c1-26-18-9-8-16(28(24,25)23-10-2-3-11-23)12-17(18)22-19(27)21-13-14-4-6-15(20)7-5-14/h4-9,12H,2-3,10-11,13H2,1H3,(H2,21,22,27). The highest BCUT2D eigenvalue weighted by Crippen LogP contribution is 2.30. The summed E-state index contributed by atoms with van der Waals surface area (Å²) in [6, 6.07) is 12.2. The molecular weight excluding hydrogens is 418 g/mol. The van der Waals surface area contributed by atoms with Gasteiger partial charge >= 0.3 is 0 Å². The first kappa shape index (κ1) is 20.9. The molecule has 0 bridgehead atoms. The molecule has 9 heteroatoms. The molecule has 2 aromatic carbocycles. The first-order chi connectivity index (χ1) is 13.4. The lowest BCUT2D eigenvalue weighted by molar-refractivity contribution is 0.416. The summed E-state index contributed by atoms with van der Waals surface area (Å²) in [6.45, 7) is 1.62. The van der Waals surface area contributed by atoms with Crippen molar-refractivity contribution in [3.63, 3.8) is 0 Å². The Balaban J connectivity index is 1.72. The van der Waals surface area contributed by atoms with Gasteiger partial charge in [0.2, 0.25) is 10.0 Å². The van der Waals surface area contributed by atoms with Gasteiger partial charge in [0.05, 0.1) is 17.7 Å². The summed E-state index contributed by atoms with van der Waals surface area (Å²) in [5, 5.41) is 7.16. The molecule has 1 heterocycles. The molecule has 1 saturated heterocycles. The van der Waals surface area contributed by atoms with Crippen molar-refractivity contribution in [2.75, 3.05) is 25.5 Å². The fourth-order valence-electron chi connectivity index (χ4n) is 2.97. The van der Waals surface area contributed by atoms with E-state index in [9.17, 15) is 8.42 Å². The Labute approximate surface area is 175 Å². The number of anilines is 1. The van der Waals surface area contributed by atoms with Crippen LogP contribution in [0.3, 0.4) is 0 Å². The molecule has 0 amide bonds. The number of rotatable bonds is 6. The van der Waals surface area contributed by atoms with Gasteiger partial charge in [-0.2, -0.15) is 4.31 Å². The Morgan fingerprint density at radius 2 is 1.86 bits per heavy atom. The summed E-state index contributed by atoms with van der Waals surface area (Å²) < 4.78 is 32.5. The topological polar surface area (TPSA) is 70.7 Å². The summed E-state index contributed by atoms with van der Waals surface area (Å²) in [5.74, 6) is 0.510. The zero-order valence-corrected chi connectivity index (χ0v) is 17.8. The monoisotopic (exact) mass is 439 g/mol. The molecule has 0 atom stereocenters. The van der Waals surface area contributed by atoms with Crippen molar-refractivity contribution in [1.82, 2.24) is 9.62 Å². The molecule has 1 aliphatic rings. The van der Waals surface area contributed by atoms with E-state index in [-0.39, 0.29) is 4.90 Å². The van der Waals surface area contributed by atoms with E-state index in [2.05, 4.69) is 10.6 Å². The van der Waals surface area contributed by atoms with Gasteiger partial charge in [0.25, 0.3) is 0 Å². The average Bonchev–Trinajstić information content (AvgIpc) is 3.23. The third-order valence-electron chi connectivity index (χ3n) is 4.49. The molecule has 28 heavy (non-hydrogen) atoms. The quantitative estimate of drug-likeness (QED) is 0.670. The zero-order chi connectivity index (χ0) is 20.1. The molecule has 0 spiro atoms. The summed E-state index contributed by atoms with van der Waals surface area (Å²) >= 11 is 11.2. The van der Waals surface area contributed by atoms with Gasteiger partial charge in [-0.05, 0) is 61.0 Å². The Bertz CT molecular complexity index is 943. The number of nitrogens with zero attached hydrogens (tertiary/aromatic N) is 1. The summed E-state index contributed by atoms with van der Waals surface area (Å²) in [7, 11) is -1.99. The molecule has 2 aromatic rings. The van der Waals surface area contributed by atoms with Crippen LogP contribution in [0.1, 0.15) is 18.4 Å². The van der Waals surface area contributed by atoms with Crippen molar-refractivity contribution >= 4 is 44.6 Å². The van der Waals surface area contributed by atoms with Crippen LogP contribution < -0.4 is 15.4 Å². The van der Waals surface area contributed by atoms with Crippen LogP contribution in [0, 0.1) is 0 Å². The Morgan fingerprint density at radius 1 is 1.18 bits per heavy atom. The lowest BCUT2D eigenvalue weighted by atomic mass is 10.2. The number of halogens is 1. The van der Waals surface area contributed by atoms with Crippen molar-refractivity contribution in [3.05, 3.63) is 53.1 Å². The lowest BCUT2D eigenvalue weighted by Crippen LogP contribution is -2.29. The van der Waals surface area contributed by atoms with Crippen LogP contribution in [0.4, 0.5) is 5.69 Å². The minimum Gasteiger partial charge on any atom is -0.495 e. The molecule has 0 aliphatic carbocycles. The number of sulfonamides is 1. The van der Waals surface area contributed by atoms with E-state index >= 15 is 0 Å². The molecule has 150 valence electrons. The van der Waals surface area contributed by atoms with Crippen molar-refractivity contribution in [2.45, 2.75) is 24.3 Å². The first-order valence-electron chi connectivity index (χ1n) is 8.87. The predicted octanol–water partition coefficient (Wildman–Crippen LogP) is 3.62. The minimum absolute atomic E-state index is 0.221. The fraction of sp³-hybridized carbons (Fsp3) is 0.316. The predicted molar refractivity (Wildman–Crippen MR) is 115 cm³/mol. The number of ether oxygens (including phenoxy) is 1. The Hall–Kier alpha value is -1.87. The molecular formula is C19H22ClN3O3S2. The van der Waals surface area contributed by atoms with Crippen molar-refractivity contribution in [1.29, 1.82) is 0 Å². The molecule has 2 N–H and O–H groups in total. The highest BCUT2D eigenvalue weighted by Gasteiger charge is 2.27. The van der Waals surface area contributed by atoms with Crippen LogP contribution in [-0.2, 0) is 16.6 Å². The smallest absolute Gasteiger partial charge is 0.243 e. The van der Waals surface area contributed by atoms with Gasteiger partial charge in [-0.3, -0.25) is 0 Å². The summed E-state index contributed by atoms with van der Waals surface area (Å²) in [5.41, 5.74) is 1.52. The van der Waals surface area contributed by atoms with Crippen LogP contribution in [0.2, 0.25) is 5.02 Å². The third kappa shape index (κ3) is 4.94. The zero-order valence-electron chi connectivity index (χ0n) is 15.4. The number of benzene rings is 2. The van der Waals surface area contributed by atoms with Crippen molar-refractivity contribution < 1.29 is 13.2 Å². The van der Waals surface area contributed by atoms with Crippen LogP contribution in [0.25, 0.3) is 0 Å². The maximum atomic E-state index is 12.8. The lowest BCUT2D eigenvalue weighted by Gasteiger charge is -2.18. The summed E-state index contributed by atoms with van der Waals surface area (Å²) in [6.07, 6.45) is 1.78. The van der Waals surface area contributed by atoms with Gasteiger partial charge in [-0.25, -0.2) is 8.42 Å². The second-order valence-electron chi connectivity index (χ2n) is 6.41. The highest BCUT2D eigenvalue weighted by molar-refractivity contribution is 7.89. The van der Waals surface area contributed by atoms with Gasteiger partial charge in [-0.1, -0.05) is 23.7 Å². The summed E-state index contributed by atoms with van der Waals surface area (Å²) in [4.78, 5) is 0.221. The van der Waals surface area contributed by atoms with Gasteiger partial charge in [-0.15, -0.1) is 0 Å². The highest BCUT2D eigenvalue weighted by atomic mass is 35.5. The third-order valence-corrected chi connectivity index (χ3v) is 6.88. The maximum absolute atomic E-state index is 12.8. The van der Waals surface area contributed by atoms with Crippen molar-refractivity contribution in [3.8, 4) is 5.75 Å². The van der Waals surface area contributed by atoms with Gasteiger partial charge in [0.1, 0.15) is 5.75 Å². The molecule has 0 saturated carbocycles. The minimum atomic E-state index is -3.52. The van der Waals surface area contributed by atoms with Gasteiger partial charge in [0, 0.05) is 24.7 Å². The number of thiocarbonyl (C=S) groups is 1. The Kier molecular flexibility index (Phi) is 6.77. The van der Waals surface area contributed by atoms with E-state index in [1.54, 1.807) is 18.2 Å². The second-order valence-corrected chi connectivity index (χ2v) is 9.19. The van der Waals surface area contributed by atoms with Gasteiger partial charge < -0.3 is 15.4 Å². The Morgan fingerprint density at radius 3 is 2.50 bits per heavy atom. The fourth-order valence-corrected chi connectivity index (χ4v) is 4.83. The molecule has 0 unspecified atom stereocenters. The maximum Gasteiger partial charge on any atom is 0.243 e. The van der Waals surface area contributed by atoms with Gasteiger partial charge in [0.15, 0.2) is 5.11 Å². The van der Waals surface area contributed by atoms with Crippen LogP contribution in [0.15, 0.2) is 47.4 Å². The van der Waals surface area contributed by atoms with E-state index in [4.69, 9.17) is 28.6 Å². The molecule has 1 aliphatic heterocycles. The van der Waals surface area contributed by atoms with Crippen LogP contribution >= 0.6 is 23.8 Å². The second kappa shape index (κ2) is 9.09. The van der Waals surface area contributed by atoms with Crippen LogP contribution in [-0.4, -0.2) is 38.0 Å². The number of hydrogen-bond donors (Lipinski definition) is 2. The van der Waals surface area contributed by atoms with E-state index in [0.717, 1.165) is 18.4 Å². The largest absolute Gasteiger partial charge is 0.495 e. The first-order valence-corrected chi connectivity index (χ1v) is 11.1. The van der Waals surface area contributed by atoms with E-state index < -0.39 is 10.0 Å². The number of methoxy groups -OCH3 is 1. The number of nitrogens with one attached hydrogen (secondary N) is 2. The average molecular weight is 440 g/mol. The van der Waals surface area contributed by atoms with E-state index in [0.29, 0.717) is 41.2 Å². The molecule has 0 aromatic heterocycles.